The lowest BCUT2D eigenvalue weighted by Crippen LogP contribution is -2.41. The van der Waals surface area contributed by atoms with Gasteiger partial charge in [-0.1, -0.05) is 43.7 Å². The van der Waals surface area contributed by atoms with E-state index in [4.69, 9.17) is 9.15 Å². The zero-order valence-electron chi connectivity index (χ0n) is 17.9. The van der Waals surface area contributed by atoms with Crippen LogP contribution >= 0.6 is 0 Å². The van der Waals surface area contributed by atoms with Crippen molar-refractivity contribution in [2.45, 2.75) is 39.8 Å². The van der Waals surface area contributed by atoms with Gasteiger partial charge in [-0.05, 0) is 37.0 Å². The second-order valence-electron chi connectivity index (χ2n) is 7.82. The van der Waals surface area contributed by atoms with Crippen molar-refractivity contribution in [1.29, 1.82) is 0 Å². The van der Waals surface area contributed by atoms with Crippen LogP contribution in [0.25, 0.3) is 11.3 Å². The Hall–Kier alpha value is -3.12. The zero-order valence-corrected chi connectivity index (χ0v) is 17.9. The molecule has 0 aliphatic heterocycles. The lowest BCUT2D eigenvalue weighted by molar-refractivity contribution is -0.118. The minimum absolute atomic E-state index is 0.0646. The second kappa shape index (κ2) is 10.1. The molecule has 0 radical (unpaired) electrons. The summed E-state index contributed by atoms with van der Waals surface area (Å²) in [7, 11) is 1.59. The molecule has 0 saturated heterocycles. The topological polar surface area (TPSA) is 76.4 Å². The van der Waals surface area contributed by atoms with Crippen LogP contribution in [0.4, 0.5) is 5.69 Å². The normalized spacial score (nSPS) is 12.0. The van der Waals surface area contributed by atoms with Crippen molar-refractivity contribution in [1.82, 2.24) is 10.3 Å². The van der Waals surface area contributed by atoms with Gasteiger partial charge in [0.25, 0.3) is 0 Å². The first kappa shape index (κ1) is 21.6. The number of rotatable bonds is 9. The maximum atomic E-state index is 13.0. The molecule has 158 valence electrons. The molecule has 0 fully saturated rings. The number of methoxy groups -OCH3 is 1. The number of oxazole rings is 1. The summed E-state index contributed by atoms with van der Waals surface area (Å²) in [5.41, 5.74) is 3.83. The molecule has 1 aromatic heterocycles. The number of amides is 1. The summed E-state index contributed by atoms with van der Waals surface area (Å²) < 4.78 is 10.8. The molecule has 3 rings (SSSR count). The number of hydrogen-bond donors (Lipinski definition) is 2. The van der Waals surface area contributed by atoms with Gasteiger partial charge in [-0.3, -0.25) is 4.79 Å². The van der Waals surface area contributed by atoms with Crippen LogP contribution in [0.3, 0.4) is 0 Å². The van der Waals surface area contributed by atoms with Crippen molar-refractivity contribution in [3.63, 3.8) is 0 Å². The van der Waals surface area contributed by atoms with Crippen LogP contribution in [0.2, 0.25) is 0 Å². The Kier molecular flexibility index (Phi) is 7.25. The molecule has 0 bridgehead atoms. The average Bonchev–Trinajstić information content (AvgIpc) is 3.26. The van der Waals surface area contributed by atoms with E-state index < -0.39 is 0 Å². The number of benzene rings is 2. The minimum Gasteiger partial charge on any atom is -0.496 e. The predicted octanol–water partition coefficient (Wildman–Crippen LogP) is 4.80. The van der Waals surface area contributed by atoms with E-state index in [1.54, 1.807) is 19.4 Å². The Bertz CT molecular complexity index is 950. The monoisotopic (exact) mass is 407 g/mol. The van der Waals surface area contributed by atoms with E-state index in [1.165, 1.54) is 12.0 Å². The van der Waals surface area contributed by atoms with Gasteiger partial charge in [0, 0.05) is 18.3 Å². The van der Waals surface area contributed by atoms with Crippen molar-refractivity contribution in [3.8, 4) is 17.1 Å². The first-order valence-corrected chi connectivity index (χ1v) is 10.1. The zero-order chi connectivity index (χ0) is 21.5. The van der Waals surface area contributed by atoms with Crippen LogP contribution in [0.15, 0.2) is 59.5 Å². The van der Waals surface area contributed by atoms with Gasteiger partial charge in [-0.15, -0.1) is 0 Å². The highest BCUT2D eigenvalue weighted by molar-refractivity contribution is 5.95. The molecule has 6 nitrogen and oxygen atoms in total. The fraction of sp³-hybridized carbons (Fsp3) is 0.333. The number of ether oxygens (including phenoxy) is 1. The Labute approximate surface area is 177 Å². The summed E-state index contributed by atoms with van der Waals surface area (Å²) in [6.07, 6.45) is 3.75. The van der Waals surface area contributed by atoms with Gasteiger partial charge in [0.05, 0.1) is 24.9 Å². The fourth-order valence-corrected chi connectivity index (χ4v) is 3.25. The van der Waals surface area contributed by atoms with E-state index in [1.807, 2.05) is 12.1 Å². The van der Waals surface area contributed by atoms with Gasteiger partial charge < -0.3 is 19.8 Å². The number of aryl methyl sites for hydroxylation is 1. The molecular formula is C24H29N3O3. The van der Waals surface area contributed by atoms with Gasteiger partial charge in [-0.25, -0.2) is 4.98 Å². The lowest BCUT2D eigenvalue weighted by Gasteiger charge is -2.21. The summed E-state index contributed by atoms with van der Waals surface area (Å²) in [5.74, 6) is 1.54. The van der Waals surface area contributed by atoms with Crippen molar-refractivity contribution < 1.29 is 13.9 Å². The molecule has 1 atom stereocenters. The van der Waals surface area contributed by atoms with Gasteiger partial charge >= 0.3 is 0 Å². The molecular weight excluding hydrogens is 378 g/mol. The molecule has 3 aromatic rings. The second-order valence-corrected chi connectivity index (χ2v) is 7.82. The number of carbonyl (C=O) groups is 1. The summed E-state index contributed by atoms with van der Waals surface area (Å²) in [6.45, 7) is 6.93. The largest absolute Gasteiger partial charge is 0.496 e. The van der Waals surface area contributed by atoms with Crippen molar-refractivity contribution in [2.24, 2.45) is 5.92 Å². The van der Waals surface area contributed by atoms with E-state index >= 15 is 0 Å². The Morgan fingerprint density at radius 3 is 2.57 bits per heavy atom. The van der Waals surface area contributed by atoms with E-state index in [2.05, 4.69) is 60.7 Å². The van der Waals surface area contributed by atoms with Gasteiger partial charge in [-0.2, -0.15) is 0 Å². The van der Waals surface area contributed by atoms with Crippen LogP contribution in [0, 0.1) is 12.8 Å². The molecule has 0 aliphatic rings. The van der Waals surface area contributed by atoms with Gasteiger partial charge in [0.1, 0.15) is 5.75 Å². The maximum Gasteiger partial charge on any atom is 0.241 e. The van der Waals surface area contributed by atoms with Gasteiger partial charge in [0.15, 0.2) is 12.2 Å². The van der Waals surface area contributed by atoms with Crippen molar-refractivity contribution in [3.05, 3.63) is 66.2 Å². The molecule has 2 N–H and O–H groups in total. The molecule has 1 unspecified atom stereocenters. The van der Waals surface area contributed by atoms with Crippen LogP contribution in [-0.4, -0.2) is 24.0 Å². The van der Waals surface area contributed by atoms with E-state index in [0.717, 1.165) is 17.5 Å². The first-order valence-electron chi connectivity index (χ1n) is 10.1. The molecule has 1 heterocycles. The van der Waals surface area contributed by atoms with Crippen LogP contribution in [0.1, 0.15) is 31.4 Å². The number of hydrogen-bond acceptors (Lipinski definition) is 5. The summed E-state index contributed by atoms with van der Waals surface area (Å²) >= 11 is 0. The van der Waals surface area contributed by atoms with Crippen LogP contribution in [0.5, 0.6) is 5.75 Å². The van der Waals surface area contributed by atoms with Crippen molar-refractivity contribution in [2.75, 3.05) is 12.4 Å². The molecule has 0 saturated carbocycles. The average molecular weight is 408 g/mol. The third-order valence-corrected chi connectivity index (χ3v) is 4.86. The quantitative estimate of drug-likeness (QED) is 0.533. The molecule has 0 spiro atoms. The highest BCUT2D eigenvalue weighted by atomic mass is 16.5. The number of anilines is 1. The fourth-order valence-electron chi connectivity index (χ4n) is 3.25. The van der Waals surface area contributed by atoms with E-state index in [9.17, 15) is 4.79 Å². The number of aromatic nitrogens is 1. The third kappa shape index (κ3) is 5.70. The Morgan fingerprint density at radius 2 is 1.93 bits per heavy atom. The molecule has 30 heavy (non-hydrogen) atoms. The first-order chi connectivity index (χ1) is 14.5. The number of carbonyl (C=O) groups excluding carboxylic acids is 1. The number of nitrogens with one attached hydrogen (secondary N) is 2. The SMILES string of the molecule is COc1cc(NC(=O)C(CC(C)C)NCc2ccc(C)cc2)ccc1-c1cnco1. The smallest absolute Gasteiger partial charge is 0.241 e. The van der Waals surface area contributed by atoms with E-state index in [0.29, 0.717) is 29.7 Å². The lowest BCUT2D eigenvalue weighted by atomic mass is 10.0. The summed E-state index contributed by atoms with van der Waals surface area (Å²) in [4.78, 5) is 16.9. The summed E-state index contributed by atoms with van der Waals surface area (Å²) in [5, 5.41) is 6.41. The maximum absolute atomic E-state index is 13.0. The Balaban J connectivity index is 1.70. The predicted molar refractivity (Wildman–Crippen MR) is 118 cm³/mol. The molecule has 6 heteroatoms. The third-order valence-electron chi connectivity index (χ3n) is 4.86. The molecule has 2 aromatic carbocycles. The standard InChI is InChI=1S/C24H29N3O3/c1-16(2)11-21(26-13-18-7-5-17(3)6-8-18)24(28)27-19-9-10-20(22(12-19)29-4)23-14-25-15-30-23/h5-10,12,14-16,21,26H,11,13H2,1-4H3,(H,27,28). The summed E-state index contributed by atoms with van der Waals surface area (Å²) in [6, 6.07) is 13.5. The van der Waals surface area contributed by atoms with Crippen molar-refractivity contribution >= 4 is 11.6 Å². The molecule has 1 amide bonds. The highest BCUT2D eigenvalue weighted by Crippen LogP contribution is 2.32. The van der Waals surface area contributed by atoms with Crippen LogP contribution in [-0.2, 0) is 11.3 Å². The van der Waals surface area contributed by atoms with Gasteiger partial charge in [0.2, 0.25) is 5.91 Å². The molecule has 0 aliphatic carbocycles. The van der Waals surface area contributed by atoms with Crippen LogP contribution < -0.4 is 15.4 Å². The van der Waals surface area contributed by atoms with E-state index in [-0.39, 0.29) is 11.9 Å². The Morgan fingerprint density at radius 1 is 1.17 bits per heavy atom. The highest BCUT2D eigenvalue weighted by Gasteiger charge is 2.20. The number of nitrogens with zero attached hydrogens (tertiary/aromatic N) is 1. The minimum atomic E-state index is -0.300.